The van der Waals surface area contributed by atoms with E-state index in [0.717, 1.165) is 22.3 Å². The normalized spacial score (nSPS) is 17.7. The number of esters is 1. The highest BCUT2D eigenvalue weighted by Crippen LogP contribution is 2.49. The fourth-order valence-corrected chi connectivity index (χ4v) is 6.25. The molecule has 1 heterocycles. The van der Waals surface area contributed by atoms with Gasteiger partial charge in [0.1, 0.15) is 11.6 Å². The molecule has 1 amide bonds. The Morgan fingerprint density at radius 2 is 1.25 bits per heavy atom. The van der Waals surface area contributed by atoms with Crippen LogP contribution in [0.5, 0.6) is 5.75 Å². The molecule has 0 aromatic heterocycles. The highest BCUT2D eigenvalue weighted by molar-refractivity contribution is 5.96. The zero-order valence-corrected chi connectivity index (χ0v) is 24.3. The Labute approximate surface area is 256 Å². The average Bonchev–Trinajstić information content (AvgIpc) is 3.08. The molecule has 2 atom stereocenters. The van der Waals surface area contributed by atoms with E-state index in [9.17, 15) is 14.0 Å². The van der Waals surface area contributed by atoms with Crippen molar-refractivity contribution in [1.82, 2.24) is 5.32 Å². The molecule has 1 aliphatic rings. The van der Waals surface area contributed by atoms with Gasteiger partial charge in [-0.15, -0.1) is 0 Å². The molecule has 44 heavy (non-hydrogen) atoms. The molecule has 5 nitrogen and oxygen atoms in total. The molecule has 5 aromatic carbocycles. The minimum Gasteiger partial charge on any atom is -0.473 e. The summed E-state index contributed by atoms with van der Waals surface area (Å²) in [4.78, 5) is 25.4. The number of hydrogen-bond donors (Lipinski definition) is 1. The number of rotatable bonds is 10. The topological polar surface area (TPSA) is 64.6 Å². The van der Waals surface area contributed by atoms with Crippen molar-refractivity contribution in [2.75, 3.05) is 7.11 Å². The largest absolute Gasteiger partial charge is 0.473 e. The van der Waals surface area contributed by atoms with Gasteiger partial charge in [-0.25, -0.2) is 4.39 Å². The van der Waals surface area contributed by atoms with E-state index in [4.69, 9.17) is 9.47 Å². The van der Waals surface area contributed by atoms with E-state index >= 15 is 0 Å². The first kappa shape index (κ1) is 28.9. The van der Waals surface area contributed by atoms with Crippen LogP contribution in [0.15, 0.2) is 140 Å². The number of carbonyl (C=O) groups is 2. The van der Waals surface area contributed by atoms with Gasteiger partial charge in [0.05, 0.1) is 18.6 Å². The van der Waals surface area contributed by atoms with Crippen LogP contribution in [0, 0.1) is 5.82 Å². The Hall–Kier alpha value is -5.23. The standard InChI is InChI=1S/C38H32FNO4/c1-43-34(41)25-26-37(28-19-21-32(39)22-20-28)35(40-36(37)42)27-17-23-33(24-18-27)44-38(29-11-5-2-6-12-29,30-13-7-3-8-14-30)31-15-9-4-10-16-31/h2-24,35H,25-26H2,1H3,(H,40,42)/t35-,37+/m0/s1. The van der Waals surface area contributed by atoms with Gasteiger partial charge in [0, 0.05) is 23.1 Å². The van der Waals surface area contributed by atoms with Crippen molar-refractivity contribution < 1.29 is 23.5 Å². The lowest BCUT2D eigenvalue weighted by Crippen LogP contribution is -2.64. The van der Waals surface area contributed by atoms with Crippen molar-refractivity contribution >= 4 is 11.9 Å². The monoisotopic (exact) mass is 585 g/mol. The van der Waals surface area contributed by atoms with Gasteiger partial charge in [-0.05, 0) is 41.8 Å². The molecule has 0 bridgehead atoms. The van der Waals surface area contributed by atoms with E-state index in [0.29, 0.717) is 11.3 Å². The first-order valence-electron chi connectivity index (χ1n) is 14.6. The number of hydrogen-bond acceptors (Lipinski definition) is 4. The quantitative estimate of drug-likeness (QED) is 0.106. The minimum absolute atomic E-state index is 0.0484. The van der Waals surface area contributed by atoms with Gasteiger partial charge in [-0.1, -0.05) is 115 Å². The number of carbonyl (C=O) groups excluding carboxylic acids is 2. The van der Waals surface area contributed by atoms with Crippen molar-refractivity contribution in [1.29, 1.82) is 0 Å². The molecule has 0 radical (unpaired) electrons. The van der Waals surface area contributed by atoms with Gasteiger partial charge in [-0.3, -0.25) is 9.59 Å². The maximum atomic E-state index is 13.8. The van der Waals surface area contributed by atoms with Gasteiger partial charge in [0.25, 0.3) is 0 Å². The molecule has 0 saturated carbocycles. The van der Waals surface area contributed by atoms with Crippen molar-refractivity contribution in [3.8, 4) is 5.75 Å². The molecule has 0 spiro atoms. The van der Waals surface area contributed by atoms with Crippen molar-refractivity contribution in [3.63, 3.8) is 0 Å². The molecule has 6 rings (SSSR count). The highest BCUT2D eigenvalue weighted by Gasteiger charge is 2.56. The lowest BCUT2D eigenvalue weighted by atomic mass is 9.63. The molecule has 5 aromatic rings. The third-order valence-corrected chi connectivity index (χ3v) is 8.51. The van der Waals surface area contributed by atoms with Gasteiger partial charge >= 0.3 is 5.97 Å². The fraction of sp³-hybridized carbons (Fsp3) is 0.158. The van der Waals surface area contributed by atoms with Crippen molar-refractivity contribution in [2.24, 2.45) is 0 Å². The smallest absolute Gasteiger partial charge is 0.305 e. The summed E-state index contributed by atoms with van der Waals surface area (Å²) in [5.74, 6) is -0.381. The first-order valence-corrected chi connectivity index (χ1v) is 14.6. The third-order valence-electron chi connectivity index (χ3n) is 8.51. The molecular formula is C38H32FNO4. The van der Waals surface area contributed by atoms with Crippen LogP contribution in [-0.2, 0) is 25.3 Å². The minimum atomic E-state index is -1.05. The van der Waals surface area contributed by atoms with Gasteiger partial charge in [-0.2, -0.15) is 0 Å². The molecule has 1 aliphatic heterocycles. The van der Waals surface area contributed by atoms with E-state index < -0.39 is 28.8 Å². The summed E-state index contributed by atoms with van der Waals surface area (Å²) >= 11 is 0. The molecule has 1 fully saturated rings. The summed E-state index contributed by atoms with van der Waals surface area (Å²) in [6, 6.07) is 43.5. The Balaban J connectivity index is 1.39. The van der Waals surface area contributed by atoms with Gasteiger partial charge < -0.3 is 14.8 Å². The van der Waals surface area contributed by atoms with Crippen LogP contribution in [0.3, 0.4) is 0 Å². The van der Waals surface area contributed by atoms with Crippen molar-refractivity contribution in [3.05, 3.63) is 173 Å². The van der Waals surface area contributed by atoms with E-state index in [1.807, 2.05) is 78.9 Å². The van der Waals surface area contributed by atoms with E-state index in [1.165, 1.54) is 19.2 Å². The van der Waals surface area contributed by atoms with Crippen LogP contribution in [-0.4, -0.2) is 19.0 Å². The summed E-state index contributed by atoms with van der Waals surface area (Å²) in [7, 11) is 1.32. The van der Waals surface area contributed by atoms with Crippen LogP contribution >= 0.6 is 0 Å². The molecule has 220 valence electrons. The van der Waals surface area contributed by atoms with E-state index in [-0.39, 0.29) is 18.7 Å². The van der Waals surface area contributed by atoms with Gasteiger partial charge in [0.15, 0.2) is 5.60 Å². The predicted molar refractivity (Wildman–Crippen MR) is 166 cm³/mol. The van der Waals surface area contributed by atoms with E-state index in [2.05, 4.69) is 41.7 Å². The lowest BCUT2D eigenvalue weighted by Gasteiger charge is -2.49. The van der Waals surface area contributed by atoms with Crippen LogP contribution in [0.25, 0.3) is 0 Å². The molecule has 1 saturated heterocycles. The molecule has 6 heteroatoms. The number of amides is 1. The number of halogens is 1. The second kappa shape index (κ2) is 12.2. The summed E-state index contributed by atoms with van der Waals surface area (Å²) in [6.45, 7) is 0. The summed E-state index contributed by atoms with van der Waals surface area (Å²) < 4.78 is 25.7. The Morgan fingerprint density at radius 3 is 1.70 bits per heavy atom. The predicted octanol–water partition coefficient (Wildman–Crippen LogP) is 7.26. The van der Waals surface area contributed by atoms with Gasteiger partial charge in [0.2, 0.25) is 5.91 Å². The van der Waals surface area contributed by atoms with E-state index in [1.54, 1.807) is 12.1 Å². The van der Waals surface area contributed by atoms with Crippen molar-refractivity contribution in [2.45, 2.75) is 29.9 Å². The number of methoxy groups -OCH3 is 1. The maximum Gasteiger partial charge on any atom is 0.305 e. The number of nitrogens with one attached hydrogen (secondary N) is 1. The number of benzene rings is 5. The Bertz CT molecular complexity index is 1630. The van der Waals surface area contributed by atoms with Crippen LogP contribution in [0.4, 0.5) is 4.39 Å². The Kier molecular flexibility index (Phi) is 7.99. The highest BCUT2D eigenvalue weighted by atomic mass is 19.1. The summed E-state index contributed by atoms with van der Waals surface area (Å²) in [5, 5.41) is 3.02. The number of ether oxygens (including phenoxy) is 2. The average molecular weight is 586 g/mol. The lowest BCUT2D eigenvalue weighted by molar-refractivity contribution is -0.144. The van der Waals surface area contributed by atoms with Crippen LogP contribution in [0.2, 0.25) is 0 Å². The SMILES string of the molecule is COC(=O)CC[C@]1(c2ccc(F)cc2)C(=O)N[C@H]1c1ccc(OC(c2ccccc2)(c2ccccc2)c2ccccc2)cc1. The second-order valence-corrected chi connectivity index (χ2v) is 10.9. The first-order chi connectivity index (χ1) is 21.5. The molecule has 0 aliphatic carbocycles. The third kappa shape index (κ3) is 5.13. The Morgan fingerprint density at radius 1 is 0.750 bits per heavy atom. The second-order valence-electron chi connectivity index (χ2n) is 10.9. The molecule has 0 unspecified atom stereocenters. The fourth-order valence-electron chi connectivity index (χ4n) is 6.25. The molecule has 1 N–H and O–H groups in total. The summed E-state index contributed by atoms with van der Waals surface area (Å²) in [5.41, 5.74) is 2.44. The zero-order valence-electron chi connectivity index (χ0n) is 24.3. The zero-order chi connectivity index (χ0) is 30.6. The molecular weight excluding hydrogens is 553 g/mol. The van der Waals surface area contributed by atoms with Crippen LogP contribution in [0.1, 0.15) is 46.7 Å². The number of β-lactam (4-membered cyclic amide) rings is 1. The maximum absolute atomic E-state index is 13.8. The summed E-state index contributed by atoms with van der Waals surface area (Å²) in [6.07, 6.45) is 0.270. The van der Waals surface area contributed by atoms with Crippen LogP contribution < -0.4 is 10.1 Å².